The first kappa shape index (κ1) is 12.9. The Balaban J connectivity index is 2.46. The van der Waals surface area contributed by atoms with Crippen LogP contribution in [-0.4, -0.2) is 7.05 Å². The first-order valence-electron chi connectivity index (χ1n) is 5.91. The van der Waals surface area contributed by atoms with Gasteiger partial charge in [-0.1, -0.05) is 29.8 Å². The second-order valence-electron chi connectivity index (χ2n) is 4.32. The fourth-order valence-electron chi connectivity index (χ4n) is 2.11. The summed E-state index contributed by atoms with van der Waals surface area (Å²) in [6.45, 7) is 2.58. The molecule has 2 N–H and O–H groups in total. The van der Waals surface area contributed by atoms with E-state index in [2.05, 4.69) is 24.0 Å². The van der Waals surface area contributed by atoms with E-state index in [1.54, 1.807) is 0 Å². The summed E-state index contributed by atoms with van der Waals surface area (Å²) in [4.78, 5) is 2.15. The third-order valence-electron chi connectivity index (χ3n) is 3.10. The molecule has 0 unspecified atom stereocenters. The van der Waals surface area contributed by atoms with Crippen LogP contribution in [0.25, 0.3) is 0 Å². The molecule has 0 aliphatic rings. The van der Waals surface area contributed by atoms with Gasteiger partial charge in [-0.15, -0.1) is 0 Å². The Bertz CT molecular complexity index is 552. The average molecular weight is 261 g/mol. The van der Waals surface area contributed by atoms with E-state index in [9.17, 15) is 0 Å². The fourth-order valence-corrected chi connectivity index (χ4v) is 2.31. The molecule has 0 saturated carbocycles. The quantitative estimate of drug-likeness (QED) is 0.908. The van der Waals surface area contributed by atoms with E-state index in [0.29, 0.717) is 6.54 Å². The molecule has 94 valence electrons. The number of rotatable bonds is 3. The molecule has 0 aliphatic carbocycles. The van der Waals surface area contributed by atoms with Crippen molar-refractivity contribution in [1.82, 2.24) is 0 Å². The van der Waals surface area contributed by atoms with E-state index in [4.69, 9.17) is 17.3 Å². The Labute approximate surface area is 113 Å². The maximum atomic E-state index is 6.00. The van der Waals surface area contributed by atoms with Crippen LogP contribution in [0, 0.1) is 6.92 Å². The Morgan fingerprint density at radius 1 is 1.11 bits per heavy atom. The zero-order chi connectivity index (χ0) is 13.1. The van der Waals surface area contributed by atoms with Crippen LogP contribution in [0.1, 0.15) is 11.1 Å². The number of para-hydroxylation sites is 1. The van der Waals surface area contributed by atoms with E-state index in [-0.39, 0.29) is 0 Å². The van der Waals surface area contributed by atoms with Gasteiger partial charge in [-0.05, 0) is 42.3 Å². The molecule has 0 fully saturated rings. The molecular weight excluding hydrogens is 244 g/mol. The lowest BCUT2D eigenvalue weighted by atomic mass is 10.1. The van der Waals surface area contributed by atoms with Crippen molar-refractivity contribution in [3.63, 3.8) is 0 Å². The second-order valence-corrected chi connectivity index (χ2v) is 4.76. The van der Waals surface area contributed by atoms with Gasteiger partial charge < -0.3 is 10.6 Å². The minimum atomic E-state index is 0.478. The van der Waals surface area contributed by atoms with Gasteiger partial charge in [0.15, 0.2) is 0 Å². The van der Waals surface area contributed by atoms with Crippen molar-refractivity contribution in [1.29, 1.82) is 0 Å². The molecule has 2 aromatic carbocycles. The van der Waals surface area contributed by atoms with Gasteiger partial charge >= 0.3 is 0 Å². The molecule has 0 atom stereocenters. The summed E-state index contributed by atoms with van der Waals surface area (Å²) in [5.74, 6) is 0. The van der Waals surface area contributed by atoms with E-state index < -0.39 is 0 Å². The summed E-state index contributed by atoms with van der Waals surface area (Å²) >= 11 is 6.00. The van der Waals surface area contributed by atoms with Crippen LogP contribution < -0.4 is 10.6 Å². The normalized spacial score (nSPS) is 10.4. The van der Waals surface area contributed by atoms with Crippen LogP contribution in [0.4, 0.5) is 11.4 Å². The smallest absolute Gasteiger partial charge is 0.0454 e. The highest BCUT2D eigenvalue weighted by molar-refractivity contribution is 6.30. The molecule has 18 heavy (non-hydrogen) atoms. The number of hydrogen-bond acceptors (Lipinski definition) is 2. The third-order valence-corrected chi connectivity index (χ3v) is 3.33. The van der Waals surface area contributed by atoms with Crippen LogP contribution >= 0.6 is 11.6 Å². The number of anilines is 2. The molecule has 0 spiro atoms. The maximum absolute atomic E-state index is 6.00. The van der Waals surface area contributed by atoms with E-state index in [1.165, 1.54) is 11.3 Å². The highest BCUT2D eigenvalue weighted by Crippen LogP contribution is 2.30. The monoisotopic (exact) mass is 260 g/mol. The number of aryl methyl sites for hydroxylation is 1. The SMILES string of the molecule is Cc1ccccc1N(C)c1ccc(Cl)cc1CN. The highest BCUT2D eigenvalue weighted by atomic mass is 35.5. The summed E-state index contributed by atoms with van der Waals surface area (Å²) in [7, 11) is 2.05. The summed E-state index contributed by atoms with van der Waals surface area (Å²) in [6.07, 6.45) is 0. The Morgan fingerprint density at radius 3 is 2.50 bits per heavy atom. The first-order valence-corrected chi connectivity index (χ1v) is 6.29. The van der Waals surface area contributed by atoms with Crippen molar-refractivity contribution in [2.75, 3.05) is 11.9 Å². The topological polar surface area (TPSA) is 29.3 Å². The van der Waals surface area contributed by atoms with Gasteiger partial charge in [-0.2, -0.15) is 0 Å². The van der Waals surface area contributed by atoms with Crippen molar-refractivity contribution in [2.24, 2.45) is 5.73 Å². The molecule has 0 radical (unpaired) electrons. The van der Waals surface area contributed by atoms with Crippen LogP contribution in [0.3, 0.4) is 0 Å². The van der Waals surface area contributed by atoms with Crippen molar-refractivity contribution in [3.8, 4) is 0 Å². The van der Waals surface area contributed by atoms with Gasteiger partial charge in [0.25, 0.3) is 0 Å². The lowest BCUT2D eigenvalue weighted by Crippen LogP contribution is -2.14. The summed E-state index contributed by atoms with van der Waals surface area (Å²) in [6, 6.07) is 14.1. The van der Waals surface area contributed by atoms with Crippen molar-refractivity contribution >= 4 is 23.0 Å². The van der Waals surface area contributed by atoms with Crippen LogP contribution in [-0.2, 0) is 6.54 Å². The number of nitrogens with zero attached hydrogens (tertiary/aromatic N) is 1. The van der Waals surface area contributed by atoms with Crippen LogP contribution in [0.5, 0.6) is 0 Å². The van der Waals surface area contributed by atoms with E-state index in [1.807, 2.05) is 37.4 Å². The molecule has 3 heteroatoms. The van der Waals surface area contributed by atoms with Gasteiger partial charge in [-0.25, -0.2) is 0 Å². The van der Waals surface area contributed by atoms with Crippen LogP contribution in [0.2, 0.25) is 5.02 Å². The van der Waals surface area contributed by atoms with E-state index >= 15 is 0 Å². The molecule has 2 rings (SSSR count). The highest BCUT2D eigenvalue weighted by Gasteiger charge is 2.10. The lowest BCUT2D eigenvalue weighted by Gasteiger charge is -2.24. The van der Waals surface area contributed by atoms with Gasteiger partial charge in [0, 0.05) is 30.0 Å². The first-order chi connectivity index (χ1) is 8.63. The zero-order valence-corrected chi connectivity index (χ0v) is 11.4. The third kappa shape index (κ3) is 2.50. The molecule has 0 bridgehead atoms. The largest absolute Gasteiger partial charge is 0.344 e. The minimum absolute atomic E-state index is 0.478. The predicted octanol–water partition coefficient (Wildman–Crippen LogP) is 3.88. The lowest BCUT2D eigenvalue weighted by molar-refractivity contribution is 1.04. The average Bonchev–Trinajstić information content (AvgIpc) is 2.38. The van der Waals surface area contributed by atoms with Gasteiger partial charge in [0.05, 0.1) is 0 Å². The minimum Gasteiger partial charge on any atom is -0.344 e. The molecule has 0 aromatic heterocycles. The fraction of sp³-hybridized carbons (Fsp3) is 0.200. The Kier molecular flexibility index (Phi) is 3.90. The van der Waals surface area contributed by atoms with E-state index in [0.717, 1.165) is 16.3 Å². The summed E-state index contributed by atoms with van der Waals surface area (Å²) in [5.41, 5.74) is 10.3. The van der Waals surface area contributed by atoms with Gasteiger partial charge in [0.1, 0.15) is 0 Å². The zero-order valence-electron chi connectivity index (χ0n) is 10.7. The Hall–Kier alpha value is -1.51. The number of halogens is 1. The van der Waals surface area contributed by atoms with Crippen LogP contribution in [0.15, 0.2) is 42.5 Å². The Morgan fingerprint density at radius 2 is 1.83 bits per heavy atom. The molecule has 0 saturated heterocycles. The molecule has 0 heterocycles. The molecule has 2 nitrogen and oxygen atoms in total. The van der Waals surface area contributed by atoms with Gasteiger partial charge in [-0.3, -0.25) is 0 Å². The molecular formula is C15H17ClN2. The number of benzene rings is 2. The molecule has 0 amide bonds. The number of hydrogen-bond donors (Lipinski definition) is 1. The van der Waals surface area contributed by atoms with Gasteiger partial charge in [0.2, 0.25) is 0 Å². The standard InChI is InChI=1S/C15H17ClN2/c1-11-5-3-4-6-14(11)18(2)15-8-7-13(16)9-12(15)10-17/h3-9H,10,17H2,1-2H3. The number of nitrogens with two attached hydrogens (primary N) is 1. The molecule has 0 aliphatic heterocycles. The van der Waals surface area contributed by atoms with Crippen molar-refractivity contribution < 1.29 is 0 Å². The predicted molar refractivity (Wildman–Crippen MR) is 78.6 cm³/mol. The summed E-state index contributed by atoms with van der Waals surface area (Å²) in [5, 5.41) is 0.720. The van der Waals surface area contributed by atoms with Crippen molar-refractivity contribution in [2.45, 2.75) is 13.5 Å². The molecule has 2 aromatic rings. The van der Waals surface area contributed by atoms with Crippen molar-refractivity contribution in [3.05, 3.63) is 58.6 Å². The second kappa shape index (κ2) is 5.42. The summed E-state index contributed by atoms with van der Waals surface area (Å²) < 4.78 is 0. The maximum Gasteiger partial charge on any atom is 0.0454 e.